The standard InChI is InChI=1S/C21H33N5O.HI/c1-7-27-14-19-11-9-8-10-18(19)13-23-21(22-5)24-15(2)12-20-16(3)25-26(6)17(20)4;/h8-11,15H,7,12-14H2,1-6H3,(H2,22,23,24);1H. The van der Waals surface area contributed by atoms with Crippen molar-refractivity contribution in [1.82, 2.24) is 20.4 Å². The van der Waals surface area contributed by atoms with E-state index in [2.05, 4.69) is 59.7 Å². The molecule has 0 aliphatic rings. The molecule has 1 heterocycles. The maximum atomic E-state index is 5.57. The number of aliphatic imine (C=N–C) groups is 1. The van der Waals surface area contributed by atoms with Gasteiger partial charge in [-0.1, -0.05) is 24.3 Å². The van der Waals surface area contributed by atoms with E-state index in [1.807, 2.05) is 24.7 Å². The van der Waals surface area contributed by atoms with Crippen LogP contribution < -0.4 is 10.6 Å². The molecule has 28 heavy (non-hydrogen) atoms. The largest absolute Gasteiger partial charge is 0.377 e. The third kappa shape index (κ3) is 6.77. The molecule has 0 amide bonds. The Labute approximate surface area is 186 Å². The summed E-state index contributed by atoms with van der Waals surface area (Å²) in [6.07, 6.45) is 0.910. The maximum Gasteiger partial charge on any atom is 0.191 e. The minimum atomic E-state index is 0. The molecule has 2 aromatic rings. The van der Waals surface area contributed by atoms with Gasteiger partial charge in [0, 0.05) is 39.0 Å². The van der Waals surface area contributed by atoms with Crippen LogP contribution >= 0.6 is 24.0 Å². The van der Waals surface area contributed by atoms with Crippen LogP contribution in [0.1, 0.15) is 41.9 Å². The van der Waals surface area contributed by atoms with Crippen molar-refractivity contribution < 1.29 is 4.74 Å². The van der Waals surface area contributed by atoms with Gasteiger partial charge in [0.15, 0.2) is 5.96 Å². The second-order valence-corrected chi connectivity index (χ2v) is 6.85. The Morgan fingerprint density at radius 1 is 1.25 bits per heavy atom. The Balaban J connectivity index is 0.00000392. The quantitative estimate of drug-likeness (QED) is 0.332. The fourth-order valence-electron chi connectivity index (χ4n) is 3.16. The smallest absolute Gasteiger partial charge is 0.191 e. The van der Waals surface area contributed by atoms with Gasteiger partial charge >= 0.3 is 0 Å². The van der Waals surface area contributed by atoms with E-state index < -0.39 is 0 Å². The SMILES string of the molecule is CCOCc1ccccc1CNC(=NC)NC(C)Cc1c(C)nn(C)c1C.I. The summed E-state index contributed by atoms with van der Waals surface area (Å²) in [6, 6.07) is 8.58. The molecular weight excluding hydrogens is 465 g/mol. The van der Waals surface area contributed by atoms with Crippen molar-refractivity contribution in [2.45, 2.75) is 53.3 Å². The summed E-state index contributed by atoms with van der Waals surface area (Å²) in [7, 11) is 3.79. The van der Waals surface area contributed by atoms with Crippen LogP contribution in [-0.2, 0) is 31.4 Å². The summed E-state index contributed by atoms with van der Waals surface area (Å²) < 4.78 is 7.51. The van der Waals surface area contributed by atoms with E-state index in [1.54, 1.807) is 7.05 Å². The Morgan fingerprint density at radius 3 is 2.50 bits per heavy atom. The first-order chi connectivity index (χ1) is 13.0. The van der Waals surface area contributed by atoms with Gasteiger partial charge in [-0.3, -0.25) is 9.67 Å². The van der Waals surface area contributed by atoms with Crippen LogP contribution in [-0.4, -0.2) is 35.4 Å². The number of nitrogens with zero attached hydrogens (tertiary/aromatic N) is 3. The monoisotopic (exact) mass is 499 g/mol. The summed E-state index contributed by atoms with van der Waals surface area (Å²) in [5, 5.41) is 11.4. The van der Waals surface area contributed by atoms with Crippen LogP contribution in [0.25, 0.3) is 0 Å². The van der Waals surface area contributed by atoms with E-state index in [9.17, 15) is 0 Å². The molecule has 0 bridgehead atoms. The van der Waals surface area contributed by atoms with E-state index in [4.69, 9.17) is 4.74 Å². The number of halogens is 1. The van der Waals surface area contributed by atoms with E-state index >= 15 is 0 Å². The van der Waals surface area contributed by atoms with Gasteiger partial charge in [-0.05, 0) is 50.8 Å². The molecular formula is C21H34IN5O. The van der Waals surface area contributed by atoms with Gasteiger partial charge in [-0.2, -0.15) is 5.10 Å². The first-order valence-electron chi connectivity index (χ1n) is 9.57. The lowest BCUT2D eigenvalue weighted by molar-refractivity contribution is 0.133. The highest BCUT2D eigenvalue weighted by atomic mass is 127. The normalized spacial score (nSPS) is 12.4. The van der Waals surface area contributed by atoms with Crippen LogP contribution in [0.5, 0.6) is 0 Å². The molecule has 1 unspecified atom stereocenters. The average molecular weight is 499 g/mol. The molecule has 0 spiro atoms. The van der Waals surface area contributed by atoms with Crippen LogP contribution in [0.15, 0.2) is 29.3 Å². The van der Waals surface area contributed by atoms with Gasteiger partial charge in [0.2, 0.25) is 0 Å². The molecule has 0 radical (unpaired) electrons. The number of nitrogens with one attached hydrogen (secondary N) is 2. The number of hydrogen-bond donors (Lipinski definition) is 2. The van der Waals surface area contributed by atoms with Crippen molar-refractivity contribution >= 4 is 29.9 Å². The Morgan fingerprint density at radius 2 is 1.93 bits per heavy atom. The number of ether oxygens (including phenoxy) is 1. The average Bonchev–Trinajstić information content (AvgIpc) is 2.90. The molecule has 0 saturated carbocycles. The number of benzene rings is 1. The van der Waals surface area contributed by atoms with Crippen molar-refractivity contribution in [1.29, 1.82) is 0 Å². The van der Waals surface area contributed by atoms with Crippen molar-refractivity contribution in [2.75, 3.05) is 13.7 Å². The Kier molecular flexibility index (Phi) is 10.5. The topological polar surface area (TPSA) is 63.5 Å². The second kappa shape index (κ2) is 12.1. The predicted octanol–water partition coefficient (Wildman–Crippen LogP) is 3.49. The third-order valence-corrected chi connectivity index (χ3v) is 4.80. The number of rotatable bonds is 8. The lowest BCUT2D eigenvalue weighted by Gasteiger charge is -2.19. The summed E-state index contributed by atoms with van der Waals surface area (Å²) in [4.78, 5) is 4.37. The zero-order valence-electron chi connectivity index (χ0n) is 17.9. The fourth-order valence-corrected chi connectivity index (χ4v) is 3.16. The van der Waals surface area contributed by atoms with Gasteiger partial charge < -0.3 is 15.4 Å². The fraction of sp³-hybridized carbons (Fsp3) is 0.524. The van der Waals surface area contributed by atoms with E-state index in [-0.39, 0.29) is 30.0 Å². The van der Waals surface area contributed by atoms with Crippen molar-refractivity contribution in [3.05, 3.63) is 52.3 Å². The highest BCUT2D eigenvalue weighted by molar-refractivity contribution is 14.0. The van der Waals surface area contributed by atoms with Gasteiger partial charge in [0.05, 0.1) is 12.3 Å². The number of aryl methyl sites for hydroxylation is 2. The number of guanidine groups is 1. The number of hydrogen-bond acceptors (Lipinski definition) is 3. The van der Waals surface area contributed by atoms with Crippen molar-refractivity contribution in [3.63, 3.8) is 0 Å². The van der Waals surface area contributed by atoms with Gasteiger partial charge in [0.25, 0.3) is 0 Å². The molecule has 156 valence electrons. The van der Waals surface area contributed by atoms with Gasteiger partial charge in [0.1, 0.15) is 0 Å². The highest BCUT2D eigenvalue weighted by Gasteiger charge is 2.14. The number of aromatic nitrogens is 2. The van der Waals surface area contributed by atoms with Crippen LogP contribution in [0.4, 0.5) is 0 Å². The summed E-state index contributed by atoms with van der Waals surface area (Å²) >= 11 is 0. The maximum absolute atomic E-state index is 5.57. The zero-order chi connectivity index (χ0) is 19.8. The first kappa shape index (κ1) is 24.4. The third-order valence-electron chi connectivity index (χ3n) is 4.80. The van der Waals surface area contributed by atoms with E-state index in [0.29, 0.717) is 13.2 Å². The molecule has 2 N–H and O–H groups in total. The van der Waals surface area contributed by atoms with Crippen LogP contribution in [0.2, 0.25) is 0 Å². The van der Waals surface area contributed by atoms with Gasteiger partial charge in [-0.15, -0.1) is 24.0 Å². The molecule has 1 aromatic carbocycles. The lowest BCUT2D eigenvalue weighted by atomic mass is 10.1. The summed E-state index contributed by atoms with van der Waals surface area (Å²) in [6.45, 7) is 10.4. The molecule has 1 atom stereocenters. The minimum absolute atomic E-state index is 0. The molecule has 2 rings (SSSR count). The van der Waals surface area contributed by atoms with Crippen LogP contribution in [0.3, 0.4) is 0 Å². The van der Waals surface area contributed by atoms with E-state index in [1.165, 1.54) is 22.4 Å². The Hall–Kier alpha value is -1.61. The Bertz CT molecular complexity index is 772. The molecule has 0 saturated heterocycles. The summed E-state index contributed by atoms with van der Waals surface area (Å²) in [5.74, 6) is 0.799. The van der Waals surface area contributed by atoms with Crippen molar-refractivity contribution in [2.24, 2.45) is 12.0 Å². The first-order valence-corrected chi connectivity index (χ1v) is 9.57. The van der Waals surface area contributed by atoms with Crippen molar-refractivity contribution in [3.8, 4) is 0 Å². The minimum Gasteiger partial charge on any atom is -0.377 e. The molecule has 1 aromatic heterocycles. The van der Waals surface area contributed by atoms with Gasteiger partial charge in [-0.25, -0.2) is 0 Å². The second-order valence-electron chi connectivity index (χ2n) is 6.85. The molecule has 0 fully saturated rings. The zero-order valence-corrected chi connectivity index (χ0v) is 20.2. The predicted molar refractivity (Wildman–Crippen MR) is 126 cm³/mol. The lowest BCUT2D eigenvalue weighted by Crippen LogP contribution is -2.42. The highest BCUT2D eigenvalue weighted by Crippen LogP contribution is 2.14. The van der Waals surface area contributed by atoms with E-state index in [0.717, 1.165) is 24.7 Å². The summed E-state index contributed by atoms with van der Waals surface area (Å²) in [5.41, 5.74) is 6.04. The molecule has 0 aliphatic heterocycles. The molecule has 0 aliphatic carbocycles. The molecule has 7 heteroatoms. The molecule has 6 nitrogen and oxygen atoms in total. The van der Waals surface area contributed by atoms with Crippen LogP contribution in [0, 0.1) is 13.8 Å².